The van der Waals surface area contributed by atoms with Crippen LogP contribution in [0.1, 0.15) is 49.9 Å². The van der Waals surface area contributed by atoms with Gasteiger partial charge in [0.25, 0.3) is 0 Å². The molecule has 1 atom stereocenters. The highest BCUT2D eigenvalue weighted by atomic mass is 35.5. The summed E-state index contributed by atoms with van der Waals surface area (Å²) in [7, 11) is 0. The maximum atomic E-state index is 12.5. The second kappa shape index (κ2) is 4.81. The summed E-state index contributed by atoms with van der Waals surface area (Å²) in [6.07, 6.45) is 4.59. The molecule has 1 aliphatic rings. The van der Waals surface area contributed by atoms with Gasteiger partial charge in [-0.3, -0.25) is 4.79 Å². The Balaban J connectivity index is 2.21. The van der Waals surface area contributed by atoms with Crippen molar-refractivity contribution in [1.82, 2.24) is 0 Å². The van der Waals surface area contributed by atoms with Crippen LogP contribution in [0.2, 0.25) is 5.02 Å². The highest BCUT2D eigenvalue weighted by Crippen LogP contribution is 2.42. The Morgan fingerprint density at radius 2 is 1.88 bits per heavy atom. The van der Waals surface area contributed by atoms with Crippen LogP contribution in [0.3, 0.4) is 0 Å². The van der Waals surface area contributed by atoms with E-state index in [4.69, 9.17) is 11.6 Å². The van der Waals surface area contributed by atoms with Crippen LogP contribution in [-0.4, -0.2) is 5.78 Å². The molecule has 1 unspecified atom stereocenters. The second-order valence-corrected chi connectivity index (χ2v) is 6.09. The van der Waals surface area contributed by atoms with Crippen molar-refractivity contribution in [3.8, 4) is 0 Å². The van der Waals surface area contributed by atoms with E-state index in [0.29, 0.717) is 5.02 Å². The summed E-state index contributed by atoms with van der Waals surface area (Å²) in [5, 5.41) is 0.685. The third kappa shape index (κ3) is 2.71. The largest absolute Gasteiger partial charge is 0.294 e. The fourth-order valence-corrected chi connectivity index (χ4v) is 2.92. The maximum absolute atomic E-state index is 12.5. The van der Waals surface area contributed by atoms with Crippen molar-refractivity contribution in [2.75, 3.05) is 0 Å². The maximum Gasteiger partial charge on any atom is 0.166 e. The van der Waals surface area contributed by atoms with Gasteiger partial charge in [0, 0.05) is 16.5 Å². The average molecular weight is 251 g/mol. The van der Waals surface area contributed by atoms with Gasteiger partial charge in [-0.25, -0.2) is 0 Å². The third-order valence-corrected chi connectivity index (χ3v) is 4.20. The first-order valence-corrected chi connectivity index (χ1v) is 6.68. The van der Waals surface area contributed by atoms with E-state index in [1.54, 1.807) is 12.1 Å². The lowest BCUT2D eigenvalue weighted by molar-refractivity contribution is 0.0697. The summed E-state index contributed by atoms with van der Waals surface area (Å²) in [4.78, 5) is 12.5. The number of hydrogen-bond acceptors (Lipinski definition) is 1. The monoisotopic (exact) mass is 250 g/mol. The molecule has 1 aromatic rings. The predicted molar refractivity (Wildman–Crippen MR) is 71.5 cm³/mol. The number of ketones is 1. The molecular weight excluding hydrogens is 232 g/mol. The van der Waals surface area contributed by atoms with Crippen LogP contribution in [0, 0.1) is 11.3 Å². The van der Waals surface area contributed by atoms with Gasteiger partial charge in [0.1, 0.15) is 0 Å². The normalized spacial score (nSPS) is 23.4. The van der Waals surface area contributed by atoms with Crippen LogP contribution >= 0.6 is 11.6 Å². The fourth-order valence-electron chi connectivity index (χ4n) is 2.80. The molecule has 0 N–H and O–H groups in total. The van der Waals surface area contributed by atoms with Crippen LogP contribution < -0.4 is 0 Å². The summed E-state index contributed by atoms with van der Waals surface area (Å²) < 4.78 is 0. The zero-order chi connectivity index (χ0) is 12.5. The quantitative estimate of drug-likeness (QED) is 0.693. The van der Waals surface area contributed by atoms with Gasteiger partial charge in [-0.2, -0.15) is 0 Å². The van der Waals surface area contributed by atoms with Gasteiger partial charge in [-0.15, -0.1) is 0 Å². The van der Waals surface area contributed by atoms with Gasteiger partial charge in [-0.05, 0) is 42.5 Å². The number of Topliss-reactive ketones (excluding diaryl/α,β-unsaturated/α-hetero) is 1. The Labute approximate surface area is 108 Å². The number of benzene rings is 1. The van der Waals surface area contributed by atoms with Crippen molar-refractivity contribution in [3.05, 3.63) is 34.9 Å². The Bertz CT molecular complexity index is 405. The lowest BCUT2D eigenvalue weighted by Crippen LogP contribution is -2.34. The lowest BCUT2D eigenvalue weighted by Gasteiger charge is -2.37. The Kier molecular flexibility index (Phi) is 3.58. The first-order valence-electron chi connectivity index (χ1n) is 6.30. The molecule has 0 bridgehead atoms. The molecule has 2 heteroatoms. The molecule has 1 fully saturated rings. The SMILES string of the molecule is CC1(C)CCCCC1C(=O)c1ccc(Cl)cc1. The summed E-state index contributed by atoms with van der Waals surface area (Å²) in [5.41, 5.74) is 0.934. The molecule has 92 valence electrons. The summed E-state index contributed by atoms with van der Waals surface area (Å²) in [6, 6.07) is 7.28. The molecule has 0 saturated heterocycles. The second-order valence-electron chi connectivity index (χ2n) is 5.66. The van der Waals surface area contributed by atoms with Crippen molar-refractivity contribution >= 4 is 17.4 Å². The van der Waals surface area contributed by atoms with E-state index < -0.39 is 0 Å². The van der Waals surface area contributed by atoms with Crippen LogP contribution in [-0.2, 0) is 0 Å². The zero-order valence-electron chi connectivity index (χ0n) is 10.5. The van der Waals surface area contributed by atoms with Crippen LogP contribution in [0.4, 0.5) is 0 Å². The first kappa shape index (κ1) is 12.6. The fraction of sp³-hybridized carbons (Fsp3) is 0.533. The molecule has 0 heterocycles. The van der Waals surface area contributed by atoms with Crippen molar-refractivity contribution in [2.45, 2.75) is 39.5 Å². The average Bonchev–Trinajstić information content (AvgIpc) is 2.28. The smallest absolute Gasteiger partial charge is 0.166 e. The highest BCUT2D eigenvalue weighted by Gasteiger charge is 2.37. The highest BCUT2D eigenvalue weighted by molar-refractivity contribution is 6.30. The topological polar surface area (TPSA) is 17.1 Å². The van der Waals surface area contributed by atoms with E-state index in [0.717, 1.165) is 18.4 Å². The van der Waals surface area contributed by atoms with Crippen molar-refractivity contribution in [1.29, 1.82) is 0 Å². The summed E-state index contributed by atoms with van der Waals surface area (Å²) in [5.74, 6) is 0.448. The molecule has 0 radical (unpaired) electrons. The first-order chi connectivity index (χ1) is 8.00. The number of hydrogen-bond donors (Lipinski definition) is 0. The third-order valence-electron chi connectivity index (χ3n) is 3.95. The standard InChI is InChI=1S/C15H19ClO/c1-15(2)10-4-3-5-13(15)14(17)11-6-8-12(16)9-7-11/h6-9,13H,3-5,10H2,1-2H3. The molecule has 0 aromatic heterocycles. The van der Waals surface area contributed by atoms with Crippen molar-refractivity contribution in [2.24, 2.45) is 11.3 Å². The van der Waals surface area contributed by atoms with Gasteiger partial charge in [0.2, 0.25) is 0 Å². The Hall–Kier alpha value is -0.820. The van der Waals surface area contributed by atoms with E-state index >= 15 is 0 Å². The lowest BCUT2D eigenvalue weighted by atomic mass is 9.66. The summed E-state index contributed by atoms with van der Waals surface area (Å²) >= 11 is 5.85. The number of rotatable bonds is 2. The molecule has 0 aliphatic heterocycles. The predicted octanol–water partition coefficient (Wildman–Crippen LogP) is 4.74. The minimum absolute atomic E-state index is 0.134. The Morgan fingerprint density at radius 3 is 2.47 bits per heavy atom. The molecule has 2 rings (SSSR count). The van der Waals surface area contributed by atoms with E-state index in [9.17, 15) is 4.79 Å². The summed E-state index contributed by atoms with van der Waals surface area (Å²) in [6.45, 7) is 4.43. The molecule has 0 spiro atoms. The molecule has 17 heavy (non-hydrogen) atoms. The van der Waals surface area contributed by atoms with Gasteiger partial charge in [-0.1, -0.05) is 38.3 Å². The van der Waals surface area contributed by atoms with Crippen LogP contribution in [0.25, 0.3) is 0 Å². The molecule has 1 saturated carbocycles. The van der Waals surface area contributed by atoms with E-state index in [1.165, 1.54) is 12.8 Å². The molecule has 0 amide bonds. The van der Waals surface area contributed by atoms with E-state index in [1.807, 2.05) is 12.1 Å². The van der Waals surface area contributed by atoms with E-state index in [2.05, 4.69) is 13.8 Å². The molecule has 1 nitrogen and oxygen atoms in total. The number of carbonyl (C=O) groups excluding carboxylic acids is 1. The van der Waals surface area contributed by atoms with Gasteiger partial charge < -0.3 is 0 Å². The molecular formula is C15H19ClO. The molecule has 1 aliphatic carbocycles. The van der Waals surface area contributed by atoms with Crippen molar-refractivity contribution < 1.29 is 4.79 Å². The number of halogens is 1. The zero-order valence-corrected chi connectivity index (χ0v) is 11.3. The van der Waals surface area contributed by atoms with Crippen LogP contribution in [0.15, 0.2) is 24.3 Å². The number of carbonyl (C=O) groups is 1. The van der Waals surface area contributed by atoms with Gasteiger partial charge >= 0.3 is 0 Å². The minimum Gasteiger partial charge on any atom is -0.294 e. The van der Waals surface area contributed by atoms with Gasteiger partial charge in [0.15, 0.2) is 5.78 Å². The van der Waals surface area contributed by atoms with Crippen molar-refractivity contribution in [3.63, 3.8) is 0 Å². The van der Waals surface area contributed by atoms with Crippen LogP contribution in [0.5, 0.6) is 0 Å². The Morgan fingerprint density at radius 1 is 1.24 bits per heavy atom. The minimum atomic E-state index is 0.134. The molecule has 1 aromatic carbocycles. The van der Waals surface area contributed by atoms with E-state index in [-0.39, 0.29) is 17.1 Å². The van der Waals surface area contributed by atoms with Gasteiger partial charge in [0.05, 0.1) is 0 Å².